The molecule has 3 aromatic rings. The van der Waals surface area contributed by atoms with Crippen molar-refractivity contribution in [1.29, 1.82) is 0 Å². The molecule has 230 valence electrons. The van der Waals surface area contributed by atoms with Gasteiger partial charge in [-0.2, -0.15) is 13.6 Å². The fourth-order valence-corrected chi connectivity index (χ4v) is 6.24. The average molecular weight is 659 g/mol. The van der Waals surface area contributed by atoms with Gasteiger partial charge in [0.25, 0.3) is 11.1 Å². The Balaban J connectivity index is 0.000000408. The zero-order valence-electron chi connectivity index (χ0n) is 20.3. The molecule has 1 aliphatic rings. The zero-order chi connectivity index (χ0) is 31.6. The first kappa shape index (κ1) is 33.2. The van der Waals surface area contributed by atoms with E-state index >= 15 is 0 Å². The Morgan fingerprint density at radius 2 is 1.71 bits per heavy atom. The summed E-state index contributed by atoms with van der Waals surface area (Å²) in [6.07, 6.45) is 0.772. The second kappa shape index (κ2) is 12.5. The summed E-state index contributed by atoms with van der Waals surface area (Å²) in [6.45, 7) is -1.01. The summed E-state index contributed by atoms with van der Waals surface area (Å²) in [5.41, 5.74) is 3.53. The number of fused-ring (bicyclic) bond motifs is 1. The van der Waals surface area contributed by atoms with Gasteiger partial charge in [0.1, 0.15) is 23.9 Å². The molecule has 0 aromatic carbocycles. The van der Waals surface area contributed by atoms with Gasteiger partial charge >= 0.3 is 29.2 Å². The van der Waals surface area contributed by atoms with E-state index in [9.17, 15) is 43.2 Å². The number of aliphatic hydroxyl groups excluding tert-OH is 2. The van der Waals surface area contributed by atoms with Crippen LogP contribution < -0.4 is 22.5 Å². The van der Waals surface area contributed by atoms with Crippen LogP contribution >= 0.6 is 23.5 Å². The Morgan fingerprint density at radius 1 is 1.05 bits per heavy atom. The maximum absolute atomic E-state index is 11.9. The monoisotopic (exact) mass is 659 g/mol. The summed E-state index contributed by atoms with van der Waals surface area (Å²) in [6, 6.07) is 0. The summed E-state index contributed by atoms with van der Waals surface area (Å²) < 4.78 is 51.6. The van der Waals surface area contributed by atoms with Gasteiger partial charge in [-0.1, -0.05) is 5.92 Å². The molecule has 0 spiro atoms. The van der Waals surface area contributed by atoms with E-state index in [0.717, 1.165) is 10.9 Å². The molecule has 42 heavy (non-hydrogen) atoms. The number of rotatable bonds is 8. The van der Waals surface area contributed by atoms with Crippen LogP contribution in [0.2, 0.25) is 0 Å². The van der Waals surface area contributed by atoms with Gasteiger partial charge in [0.15, 0.2) is 17.4 Å². The lowest BCUT2D eigenvalue weighted by Crippen LogP contribution is -2.33. The highest BCUT2D eigenvalue weighted by atomic mass is 31.3. The minimum absolute atomic E-state index is 0.115. The van der Waals surface area contributed by atoms with E-state index in [0.29, 0.717) is 0 Å². The average Bonchev–Trinajstić information content (AvgIpc) is 3.37. The predicted octanol–water partition coefficient (Wildman–Crippen LogP) is -3.29. The number of phosphoric acid groups is 3. The number of aromatic nitrogens is 6. The molecule has 2 unspecified atom stereocenters. The maximum Gasteiger partial charge on any atom is 0.490 e. The number of aromatic amines is 3. The second-order valence-electron chi connectivity index (χ2n) is 7.84. The molecule has 0 bridgehead atoms. The summed E-state index contributed by atoms with van der Waals surface area (Å²) in [7, 11) is -16.8. The molecule has 1 aliphatic heterocycles. The number of hydrogen-bond acceptors (Lipinski definition) is 15. The van der Waals surface area contributed by atoms with Crippen LogP contribution in [0.5, 0.6) is 0 Å². The molecule has 0 aliphatic carbocycles. The molecule has 4 heterocycles. The van der Waals surface area contributed by atoms with Gasteiger partial charge < -0.3 is 45.2 Å². The van der Waals surface area contributed by atoms with Crippen molar-refractivity contribution in [1.82, 2.24) is 29.5 Å². The molecule has 1 fully saturated rings. The van der Waals surface area contributed by atoms with Gasteiger partial charge in [0.2, 0.25) is 5.95 Å². The van der Waals surface area contributed by atoms with Crippen LogP contribution in [0.3, 0.4) is 0 Å². The highest BCUT2D eigenvalue weighted by Gasteiger charge is 2.47. The zero-order valence-corrected chi connectivity index (χ0v) is 23.0. The van der Waals surface area contributed by atoms with Gasteiger partial charge in [0.05, 0.1) is 12.9 Å². The number of nitrogens with two attached hydrogens (primary N) is 1. The van der Waals surface area contributed by atoms with E-state index in [1.165, 1.54) is 6.20 Å². The molecule has 0 amide bonds. The van der Waals surface area contributed by atoms with Crippen molar-refractivity contribution < 1.29 is 61.4 Å². The molecular formula is C16H20N7O16P3. The van der Waals surface area contributed by atoms with Crippen LogP contribution in [0.25, 0.3) is 11.2 Å². The summed E-state index contributed by atoms with van der Waals surface area (Å²) in [5, 5.41) is 20.4. The van der Waals surface area contributed by atoms with E-state index < -0.39 is 71.4 Å². The van der Waals surface area contributed by atoms with Crippen molar-refractivity contribution in [3.63, 3.8) is 0 Å². The highest BCUT2D eigenvalue weighted by molar-refractivity contribution is 7.66. The van der Waals surface area contributed by atoms with E-state index in [1.807, 2.05) is 4.98 Å². The van der Waals surface area contributed by atoms with Crippen LogP contribution in [0.15, 0.2) is 26.9 Å². The number of H-pyrrole nitrogens is 3. The number of anilines is 1. The first-order valence-corrected chi connectivity index (χ1v) is 15.2. The topological polar surface area (TPSA) is 365 Å². The normalized spacial score (nSPS) is 23.4. The third-order valence-corrected chi connectivity index (χ3v) is 8.66. The van der Waals surface area contributed by atoms with E-state index in [2.05, 4.69) is 39.0 Å². The highest BCUT2D eigenvalue weighted by Crippen LogP contribution is 2.66. The van der Waals surface area contributed by atoms with Crippen LogP contribution in [0, 0.1) is 12.3 Å². The van der Waals surface area contributed by atoms with Crippen LogP contribution in [-0.4, -0.2) is 84.2 Å². The standard InChI is InChI=1S/C10H16N5O14P3.C6H4N2O2/c11-10-13-7-4(8(18)14-10)12-2-15(7)9-6(17)5(16)3(27-9)1-26-31(22,23)29-32(24,25)28-30(19,20)21;1-2-4-3-7-6(10)8-5(4)9/h2-3,5-6,9,16-17H,1H2,(H,22,23)(H,24,25)(H2,19,20,21)(H3,11,13,14,18);1,3H,(H2,7,8,9,10)/t3-,5-,6-,9-;/m1./s1. The van der Waals surface area contributed by atoms with Gasteiger partial charge in [-0.15, -0.1) is 6.42 Å². The quantitative estimate of drug-likeness (QED) is 0.0836. The molecule has 23 nitrogen and oxygen atoms in total. The van der Waals surface area contributed by atoms with Crippen LogP contribution in [0.1, 0.15) is 11.8 Å². The second-order valence-corrected chi connectivity index (χ2v) is 12.3. The van der Waals surface area contributed by atoms with Gasteiger partial charge in [-0.25, -0.2) is 23.5 Å². The van der Waals surface area contributed by atoms with E-state index in [-0.39, 0.29) is 22.7 Å². The molecule has 26 heteroatoms. The third kappa shape index (κ3) is 8.37. The number of imidazole rings is 1. The van der Waals surface area contributed by atoms with Crippen molar-refractivity contribution >= 4 is 40.6 Å². The number of ether oxygens (including phenoxy) is 1. The third-order valence-electron chi connectivity index (χ3n) is 4.85. The lowest BCUT2D eigenvalue weighted by atomic mass is 10.1. The molecule has 0 saturated carbocycles. The Hall–Kier alpha value is -3.32. The molecule has 6 atom stereocenters. The molecule has 3 aromatic heterocycles. The lowest BCUT2D eigenvalue weighted by Gasteiger charge is -2.19. The first-order valence-electron chi connectivity index (χ1n) is 10.6. The number of nitrogens with zero attached hydrogens (tertiary/aromatic N) is 3. The summed E-state index contributed by atoms with van der Waals surface area (Å²) in [4.78, 5) is 82.5. The minimum Gasteiger partial charge on any atom is -0.387 e. The molecule has 11 N–H and O–H groups in total. The molecule has 0 radical (unpaired) electrons. The smallest absolute Gasteiger partial charge is 0.387 e. The number of nitrogens with one attached hydrogen (secondary N) is 3. The number of hydrogen-bond donors (Lipinski definition) is 10. The molecule has 1 saturated heterocycles. The SMILES string of the molecule is C#Cc1c[nH]c(=O)[nH]c1=O.Nc1nc2c(ncn2[C@@H]2O[C@H](COP(=O)(O)OP(=O)(O)OP(=O)(O)O)[C@@H](O)[C@H]2O)c(=O)[nH]1. The fourth-order valence-electron chi connectivity index (χ4n) is 3.21. The van der Waals surface area contributed by atoms with E-state index in [1.54, 1.807) is 0 Å². The Labute approximate surface area is 230 Å². The number of terminal acetylenes is 1. The van der Waals surface area contributed by atoms with Crippen molar-refractivity contribution in [3.8, 4) is 12.3 Å². The number of aliphatic hydroxyl groups is 2. The number of nitrogen functional groups attached to an aromatic ring is 1. The van der Waals surface area contributed by atoms with Gasteiger partial charge in [-0.05, 0) is 0 Å². The van der Waals surface area contributed by atoms with Crippen LogP contribution in [0.4, 0.5) is 5.95 Å². The largest absolute Gasteiger partial charge is 0.490 e. The Bertz CT molecular complexity index is 1820. The molecule has 4 rings (SSSR count). The summed E-state index contributed by atoms with van der Waals surface area (Å²) >= 11 is 0. The van der Waals surface area contributed by atoms with Crippen molar-refractivity contribution in [2.75, 3.05) is 12.3 Å². The van der Waals surface area contributed by atoms with Crippen molar-refractivity contribution in [3.05, 3.63) is 49.3 Å². The van der Waals surface area contributed by atoms with Gasteiger partial charge in [0, 0.05) is 6.20 Å². The minimum atomic E-state index is -5.73. The first-order chi connectivity index (χ1) is 19.3. The Kier molecular flexibility index (Phi) is 9.88. The van der Waals surface area contributed by atoms with E-state index in [4.69, 9.17) is 31.6 Å². The van der Waals surface area contributed by atoms with Crippen molar-refractivity contribution in [2.24, 2.45) is 0 Å². The Morgan fingerprint density at radius 3 is 2.31 bits per heavy atom. The fraction of sp³-hybridized carbons (Fsp3) is 0.312. The summed E-state index contributed by atoms with van der Waals surface area (Å²) in [5.74, 6) is 1.83. The van der Waals surface area contributed by atoms with Crippen LogP contribution in [-0.2, 0) is 31.6 Å². The predicted molar refractivity (Wildman–Crippen MR) is 134 cm³/mol. The van der Waals surface area contributed by atoms with Crippen molar-refractivity contribution in [2.45, 2.75) is 24.5 Å². The lowest BCUT2D eigenvalue weighted by molar-refractivity contribution is -0.0503. The van der Waals surface area contributed by atoms with Gasteiger partial charge in [-0.3, -0.25) is 28.6 Å². The maximum atomic E-state index is 11.9. The molecular weight excluding hydrogens is 639 g/mol. The number of phosphoric ester groups is 1.